The lowest BCUT2D eigenvalue weighted by Gasteiger charge is -2.24. The Kier molecular flexibility index (Phi) is 8.18. The summed E-state index contributed by atoms with van der Waals surface area (Å²) in [5, 5.41) is 4.89. The molecule has 10 nitrogen and oxygen atoms in total. The Morgan fingerprint density at radius 2 is 1.85 bits per heavy atom. The summed E-state index contributed by atoms with van der Waals surface area (Å²) >= 11 is 0. The Hall–Kier alpha value is -4.81. The molecule has 5 N–H and O–H groups in total. The van der Waals surface area contributed by atoms with Crippen LogP contribution in [0.4, 0.5) is 23.7 Å². The van der Waals surface area contributed by atoms with Gasteiger partial charge in [-0.15, -0.1) is 4.99 Å². The minimum atomic E-state index is -4.77. The van der Waals surface area contributed by atoms with Crippen LogP contribution in [0.25, 0.3) is 0 Å². The number of amides is 3. The molecule has 0 spiro atoms. The van der Waals surface area contributed by atoms with E-state index in [0.29, 0.717) is 23.7 Å². The molecule has 2 aromatic carbocycles. The van der Waals surface area contributed by atoms with Gasteiger partial charge in [0.05, 0.1) is 5.56 Å². The van der Waals surface area contributed by atoms with Crippen molar-refractivity contribution < 1.29 is 32.3 Å². The van der Waals surface area contributed by atoms with Gasteiger partial charge in [-0.1, -0.05) is 30.3 Å². The predicted octanol–water partition coefficient (Wildman–Crippen LogP) is 3.42. The molecule has 3 amide bonds. The Bertz CT molecular complexity index is 1360. The monoisotopic (exact) mass is 542 g/mol. The summed E-state index contributed by atoms with van der Waals surface area (Å²) in [5.41, 5.74) is 5.15. The lowest BCUT2D eigenvalue weighted by molar-refractivity contribution is -0.137. The summed E-state index contributed by atoms with van der Waals surface area (Å²) in [4.78, 5) is 44.4. The van der Waals surface area contributed by atoms with Gasteiger partial charge in [0.1, 0.15) is 12.3 Å². The predicted molar refractivity (Wildman–Crippen MR) is 136 cm³/mol. The number of carbonyl (C=O) groups excluding carboxylic acids is 3. The van der Waals surface area contributed by atoms with E-state index in [0.717, 1.165) is 0 Å². The largest absolute Gasteiger partial charge is 0.443 e. The van der Waals surface area contributed by atoms with Crippen LogP contribution in [0.3, 0.4) is 0 Å². The number of aliphatic imine (C=N–C) groups is 1. The summed E-state index contributed by atoms with van der Waals surface area (Å²) in [6, 6.07) is 14.8. The van der Waals surface area contributed by atoms with Crippen molar-refractivity contribution in [3.05, 3.63) is 89.2 Å². The number of H-pyrrole nitrogens is 1. The van der Waals surface area contributed by atoms with Crippen molar-refractivity contribution in [1.82, 2.24) is 15.6 Å². The zero-order chi connectivity index (χ0) is 28.0. The first kappa shape index (κ1) is 27.2. The lowest BCUT2D eigenvalue weighted by Crippen LogP contribution is -2.38. The van der Waals surface area contributed by atoms with E-state index in [1.807, 2.05) is 0 Å². The van der Waals surface area contributed by atoms with E-state index in [9.17, 15) is 27.6 Å². The second-order valence-corrected chi connectivity index (χ2v) is 8.71. The van der Waals surface area contributed by atoms with E-state index in [1.54, 1.807) is 48.7 Å². The number of hydrogen-bond acceptors (Lipinski definition) is 5. The molecular formula is C26H25F3N6O4. The Morgan fingerprint density at radius 1 is 1.08 bits per heavy atom. The molecule has 1 fully saturated rings. The van der Waals surface area contributed by atoms with Crippen molar-refractivity contribution in [3.63, 3.8) is 0 Å². The molecule has 1 atom stereocenters. The van der Waals surface area contributed by atoms with Crippen LogP contribution < -0.4 is 21.3 Å². The number of carbonyl (C=O) groups is 3. The fourth-order valence-corrected chi connectivity index (χ4v) is 4.08. The first-order valence-corrected chi connectivity index (χ1v) is 11.9. The van der Waals surface area contributed by atoms with Gasteiger partial charge in [0.2, 0.25) is 5.96 Å². The topological polar surface area (TPSA) is 142 Å². The molecule has 4 rings (SSSR count). The molecule has 1 saturated heterocycles. The van der Waals surface area contributed by atoms with Gasteiger partial charge >= 0.3 is 12.3 Å². The second kappa shape index (κ2) is 11.7. The van der Waals surface area contributed by atoms with Gasteiger partial charge in [-0.2, -0.15) is 13.2 Å². The number of nitrogens with zero attached hydrogens (tertiary/aromatic N) is 2. The molecule has 1 aliphatic rings. The van der Waals surface area contributed by atoms with Crippen LogP contribution in [0.15, 0.2) is 71.9 Å². The molecule has 0 aliphatic carbocycles. The number of anilines is 1. The molecule has 13 heteroatoms. The number of ether oxygens (including phenoxy) is 1. The van der Waals surface area contributed by atoms with Crippen LogP contribution >= 0.6 is 0 Å². The SMILES string of the molecule is N/C(=N/C(=O)OCc1ccccc1)NC(=O)c1ccc(N2CCC(NC(=O)c3ccc[nH]3)C2)c(C(F)(F)F)c1. The summed E-state index contributed by atoms with van der Waals surface area (Å²) in [7, 11) is 0. The first-order chi connectivity index (χ1) is 18.6. The van der Waals surface area contributed by atoms with Crippen LogP contribution in [-0.2, 0) is 17.5 Å². The van der Waals surface area contributed by atoms with Gasteiger partial charge in [0, 0.05) is 36.6 Å². The van der Waals surface area contributed by atoms with E-state index in [-0.39, 0.29) is 42.9 Å². The van der Waals surface area contributed by atoms with E-state index < -0.39 is 29.7 Å². The zero-order valence-corrected chi connectivity index (χ0v) is 20.5. The third-order valence-corrected chi connectivity index (χ3v) is 5.93. The lowest BCUT2D eigenvalue weighted by atomic mass is 10.1. The van der Waals surface area contributed by atoms with Gasteiger partial charge in [0.25, 0.3) is 11.8 Å². The number of guanidine groups is 1. The molecule has 3 aromatic rings. The maximum absolute atomic E-state index is 14.0. The van der Waals surface area contributed by atoms with Crippen molar-refractivity contribution in [3.8, 4) is 0 Å². The van der Waals surface area contributed by atoms with Gasteiger partial charge in [-0.05, 0) is 42.3 Å². The number of aromatic nitrogens is 1. The number of rotatable bonds is 6. The minimum absolute atomic E-state index is 0.0756. The van der Waals surface area contributed by atoms with Gasteiger partial charge in [-0.3, -0.25) is 14.9 Å². The molecule has 1 aliphatic heterocycles. The highest BCUT2D eigenvalue weighted by molar-refractivity contribution is 6.07. The molecule has 39 heavy (non-hydrogen) atoms. The van der Waals surface area contributed by atoms with E-state index in [4.69, 9.17) is 10.5 Å². The number of nitrogens with one attached hydrogen (secondary N) is 3. The van der Waals surface area contributed by atoms with Gasteiger partial charge in [0.15, 0.2) is 0 Å². The quantitative estimate of drug-likeness (QED) is 0.278. The van der Waals surface area contributed by atoms with Crippen LogP contribution in [0.1, 0.15) is 38.4 Å². The molecule has 0 saturated carbocycles. The summed E-state index contributed by atoms with van der Waals surface area (Å²) < 4.78 is 46.8. The van der Waals surface area contributed by atoms with Crippen molar-refractivity contribution in [2.75, 3.05) is 18.0 Å². The molecule has 1 aromatic heterocycles. The number of hydrogen-bond donors (Lipinski definition) is 4. The van der Waals surface area contributed by atoms with Crippen molar-refractivity contribution in [2.24, 2.45) is 10.7 Å². The van der Waals surface area contributed by atoms with E-state index in [1.165, 1.54) is 17.0 Å². The number of nitrogens with two attached hydrogens (primary N) is 1. The highest BCUT2D eigenvalue weighted by Gasteiger charge is 2.37. The molecule has 0 radical (unpaired) electrons. The summed E-state index contributed by atoms with van der Waals surface area (Å²) in [5.74, 6) is -1.96. The average molecular weight is 543 g/mol. The van der Waals surface area contributed by atoms with Crippen molar-refractivity contribution >= 4 is 29.6 Å². The normalized spacial score (nSPS) is 15.6. The number of aromatic amines is 1. The first-order valence-electron chi connectivity index (χ1n) is 11.9. The minimum Gasteiger partial charge on any atom is -0.443 e. The van der Waals surface area contributed by atoms with Gasteiger partial charge in [-0.25, -0.2) is 4.79 Å². The molecule has 2 heterocycles. The van der Waals surface area contributed by atoms with Crippen molar-refractivity contribution in [2.45, 2.75) is 25.2 Å². The Balaban J connectivity index is 1.40. The third-order valence-electron chi connectivity index (χ3n) is 5.93. The highest BCUT2D eigenvalue weighted by Crippen LogP contribution is 2.38. The smallest absolute Gasteiger partial charge is 0.437 e. The van der Waals surface area contributed by atoms with Crippen LogP contribution in [0, 0.1) is 0 Å². The zero-order valence-electron chi connectivity index (χ0n) is 20.5. The average Bonchev–Trinajstić information content (AvgIpc) is 3.60. The number of halogens is 3. The fourth-order valence-electron chi connectivity index (χ4n) is 4.08. The fraction of sp³-hybridized carbons (Fsp3) is 0.231. The second-order valence-electron chi connectivity index (χ2n) is 8.71. The van der Waals surface area contributed by atoms with Crippen LogP contribution in [0.5, 0.6) is 0 Å². The third kappa shape index (κ3) is 7.15. The van der Waals surface area contributed by atoms with Crippen LogP contribution in [-0.4, -0.2) is 48.0 Å². The molecular weight excluding hydrogens is 517 g/mol. The number of alkyl halides is 3. The molecule has 0 bridgehead atoms. The van der Waals surface area contributed by atoms with Crippen molar-refractivity contribution in [1.29, 1.82) is 0 Å². The highest BCUT2D eigenvalue weighted by atomic mass is 19.4. The maximum atomic E-state index is 14.0. The Morgan fingerprint density at radius 3 is 2.54 bits per heavy atom. The molecule has 1 unspecified atom stereocenters. The van der Waals surface area contributed by atoms with Crippen LogP contribution in [0.2, 0.25) is 0 Å². The van der Waals surface area contributed by atoms with Gasteiger partial charge < -0.3 is 25.7 Å². The maximum Gasteiger partial charge on any atom is 0.437 e. The number of benzene rings is 2. The Labute approximate surface area is 221 Å². The summed E-state index contributed by atoms with van der Waals surface area (Å²) in [6.45, 7) is 0.356. The molecule has 204 valence electrons. The standard InChI is InChI=1S/C26H25F3N6O4/c27-26(28,29)19-13-17(22(36)33-24(30)34-25(38)39-15-16-5-2-1-3-6-16)8-9-21(19)35-12-10-18(14-35)32-23(37)20-7-4-11-31-20/h1-9,11,13,18,31H,10,12,14-15H2,(H,32,37)(H3,30,33,34,36,38). The van der Waals surface area contributed by atoms with E-state index in [2.05, 4.69) is 20.6 Å². The van der Waals surface area contributed by atoms with E-state index >= 15 is 0 Å². The summed E-state index contributed by atoms with van der Waals surface area (Å²) in [6.07, 6.45) is -3.80.